The molecule has 3 aromatic carbocycles. The van der Waals surface area contributed by atoms with Gasteiger partial charge in [-0.05, 0) is 23.8 Å². The fourth-order valence-electron chi connectivity index (χ4n) is 3.26. The highest BCUT2D eigenvalue weighted by Crippen LogP contribution is 2.53. The molecule has 0 aromatic heterocycles. The van der Waals surface area contributed by atoms with Crippen molar-refractivity contribution in [2.24, 2.45) is 0 Å². The molecule has 3 rings (SSSR count). The fraction of sp³-hybridized carbons (Fsp3) is 0.0526. The van der Waals surface area contributed by atoms with Gasteiger partial charge in [-0.3, -0.25) is 4.55 Å². The Morgan fingerprint density at radius 3 is 1.83 bits per heavy atom. The van der Waals surface area contributed by atoms with Crippen LogP contribution in [0.1, 0.15) is 16.7 Å². The van der Waals surface area contributed by atoms with Crippen molar-refractivity contribution >= 4 is 56.5 Å². The summed E-state index contributed by atoms with van der Waals surface area (Å²) in [7, 11) is -5.14. The minimum atomic E-state index is -5.14. The molecule has 0 aliphatic heterocycles. The first-order chi connectivity index (χ1) is 13.5. The number of phenolic OH excluding ortho intramolecular Hbond substituents is 2. The van der Waals surface area contributed by atoms with E-state index in [1.54, 1.807) is 6.07 Å². The van der Waals surface area contributed by atoms with Gasteiger partial charge < -0.3 is 10.2 Å². The minimum Gasteiger partial charge on any atom is -0.504 e. The third-order valence-corrected chi connectivity index (χ3v) is 6.83. The SMILES string of the molecule is O=S(=O)(O)C(c1ccccc1)(c1cc(Cl)cc(O)c1O)c1c(Cl)cc(Cl)cc1Cl. The maximum Gasteiger partial charge on any atom is 0.283 e. The molecular weight excluding hydrogens is 482 g/mol. The van der Waals surface area contributed by atoms with E-state index in [2.05, 4.69) is 0 Å². The van der Waals surface area contributed by atoms with Crippen LogP contribution >= 0.6 is 46.4 Å². The Bertz CT molecular complexity index is 1180. The summed E-state index contributed by atoms with van der Waals surface area (Å²) >= 11 is 24.7. The molecule has 0 fully saturated rings. The Labute approximate surface area is 186 Å². The molecule has 0 aliphatic carbocycles. The smallest absolute Gasteiger partial charge is 0.283 e. The van der Waals surface area contributed by atoms with E-state index < -0.39 is 31.9 Å². The van der Waals surface area contributed by atoms with Gasteiger partial charge in [-0.1, -0.05) is 76.7 Å². The molecule has 0 aliphatic rings. The second-order valence-corrected chi connectivity index (χ2v) is 9.34. The summed E-state index contributed by atoms with van der Waals surface area (Å²) in [5.74, 6) is -1.52. The van der Waals surface area contributed by atoms with E-state index in [4.69, 9.17) is 46.4 Å². The molecule has 0 saturated heterocycles. The highest BCUT2D eigenvalue weighted by molar-refractivity contribution is 7.87. The van der Waals surface area contributed by atoms with E-state index in [-0.39, 0.29) is 31.2 Å². The van der Waals surface area contributed by atoms with Crippen molar-refractivity contribution in [3.63, 3.8) is 0 Å². The summed E-state index contributed by atoms with van der Waals surface area (Å²) in [5.41, 5.74) is -0.719. The van der Waals surface area contributed by atoms with Gasteiger partial charge in [-0.2, -0.15) is 8.42 Å². The van der Waals surface area contributed by atoms with Gasteiger partial charge in [-0.25, -0.2) is 0 Å². The summed E-state index contributed by atoms with van der Waals surface area (Å²) in [4.78, 5) is 0. The van der Waals surface area contributed by atoms with Crippen LogP contribution in [0.4, 0.5) is 0 Å². The summed E-state index contributed by atoms with van der Waals surface area (Å²) in [6, 6.07) is 12.1. The van der Waals surface area contributed by atoms with Crippen molar-refractivity contribution in [1.82, 2.24) is 0 Å². The van der Waals surface area contributed by atoms with Gasteiger partial charge in [0, 0.05) is 37.3 Å². The molecule has 0 bridgehead atoms. The molecule has 1 unspecified atom stereocenters. The Morgan fingerprint density at radius 1 is 0.793 bits per heavy atom. The Hall–Kier alpha value is -1.67. The molecule has 0 amide bonds. The summed E-state index contributed by atoms with van der Waals surface area (Å²) < 4.78 is 33.9. The zero-order valence-corrected chi connectivity index (χ0v) is 18.1. The molecule has 5 nitrogen and oxygen atoms in total. The van der Waals surface area contributed by atoms with E-state index >= 15 is 0 Å². The highest BCUT2D eigenvalue weighted by atomic mass is 35.5. The van der Waals surface area contributed by atoms with E-state index in [0.717, 1.165) is 12.1 Å². The lowest BCUT2D eigenvalue weighted by Gasteiger charge is -2.34. The maximum absolute atomic E-state index is 13.0. The van der Waals surface area contributed by atoms with Crippen LogP contribution in [-0.2, 0) is 14.9 Å². The molecule has 0 spiro atoms. The van der Waals surface area contributed by atoms with Crippen LogP contribution in [0.25, 0.3) is 0 Å². The predicted molar refractivity (Wildman–Crippen MR) is 114 cm³/mol. The fourth-order valence-corrected chi connectivity index (χ4v) is 6.03. The van der Waals surface area contributed by atoms with Gasteiger partial charge in [0.15, 0.2) is 16.2 Å². The van der Waals surface area contributed by atoms with Crippen molar-refractivity contribution in [3.8, 4) is 11.5 Å². The lowest BCUT2D eigenvalue weighted by molar-refractivity contribution is 0.394. The second kappa shape index (κ2) is 7.87. The standard InChI is InChI=1S/C19H12Cl4O5S/c20-11-6-13(18(25)16(24)9-11)19(29(26,27)28,10-4-2-1-3-5-10)17-14(22)7-12(21)8-15(17)23/h1-9,24-25H,(H,26,27,28). The van der Waals surface area contributed by atoms with Crippen LogP contribution in [0.5, 0.6) is 11.5 Å². The van der Waals surface area contributed by atoms with E-state index in [1.807, 2.05) is 0 Å². The molecule has 3 N–H and O–H groups in total. The summed E-state index contributed by atoms with van der Waals surface area (Å²) in [5, 5.41) is 20.3. The van der Waals surface area contributed by atoms with E-state index in [1.165, 1.54) is 36.4 Å². The number of hydrogen-bond acceptors (Lipinski definition) is 4. The van der Waals surface area contributed by atoms with Gasteiger partial charge in [-0.15, -0.1) is 0 Å². The Morgan fingerprint density at radius 2 is 1.31 bits per heavy atom. The lowest BCUT2D eigenvalue weighted by atomic mass is 9.83. The number of hydrogen-bond donors (Lipinski definition) is 3. The topological polar surface area (TPSA) is 94.8 Å². The molecule has 152 valence electrons. The largest absolute Gasteiger partial charge is 0.504 e. The quantitative estimate of drug-likeness (QED) is 0.239. The van der Waals surface area contributed by atoms with Crippen LogP contribution in [-0.4, -0.2) is 23.2 Å². The molecule has 0 radical (unpaired) electrons. The molecule has 3 aromatic rings. The summed E-state index contributed by atoms with van der Waals surface area (Å²) in [6.07, 6.45) is 0. The van der Waals surface area contributed by atoms with Gasteiger partial charge in [0.2, 0.25) is 0 Å². The van der Waals surface area contributed by atoms with Crippen molar-refractivity contribution in [2.45, 2.75) is 4.75 Å². The van der Waals surface area contributed by atoms with Crippen molar-refractivity contribution < 1.29 is 23.2 Å². The third-order valence-electron chi connectivity index (χ3n) is 4.36. The minimum absolute atomic E-state index is 0.00871. The van der Waals surface area contributed by atoms with Crippen molar-refractivity contribution in [3.05, 3.63) is 91.4 Å². The monoisotopic (exact) mass is 492 g/mol. The average molecular weight is 494 g/mol. The van der Waals surface area contributed by atoms with Crippen LogP contribution in [0.3, 0.4) is 0 Å². The summed E-state index contributed by atoms with van der Waals surface area (Å²) in [6.45, 7) is 0. The van der Waals surface area contributed by atoms with Crippen LogP contribution < -0.4 is 0 Å². The average Bonchev–Trinajstić information content (AvgIpc) is 2.61. The van der Waals surface area contributed by atoms with Gasteiger partial charge in [0.25, 0.3) is 10.1 Å². The van der Waals surface area contributed by atoms with Crippen LogP contribution in [0.2, 0.25) is 20.1 Å². The van der Waals surface area contributed by atoms with E-state index in [9.17, 15) is 23.2 Å². The number of halogens is 4. The van der Waals surface area contributed by atoms with Crippen molar-refractivity contribution in [2.75, 3.05) is 0 Å². The lowest BCUT2D eigenvalue weighted by Crippen LogP contribution is -2.39. The van der Waals surface area contributed by atoms with Crippen LogP contribution in [0, 0.1) is 0 Å². The number of aromatic hydroxyl groups is 2. The zero-order valence-electron chi connectivity index (χ0n) is 14.3. The maximum atomic E-state index is 13.0. The number of rotatable bonds is 4. The van der Waals surface area contributed by atoms with Crippen molar-refractivity contribution in [1.29, 1.82) is 0 Å². The molecule has 0 saturated carbocycles. The number of benzene rings is 3. The third kappa shape index (κ3) is 3.65. The van der Waals surface area contributed by atoms with E-state index in [0.29, 0.717) is 0 Å². The van der Waals surface area contributed by atoms with Crippen LogP contribution in [0.15, 0.2) is 54.6 Å². The first kappa shape index (κ1) is 22.0. The molecule has 1 atom stereocenters. The number of phenols is 2. The Kier molecular flexibility index (Phi) is 5.98. The normalized spacial score (nSPS) is 13.8. The molecule has 10 heteroatoms. The second-order valence-electron chi connectivity index (χ2n) is 6.09. The molecular formula is C19H12Cl4O5S. The van der Waals surface area contributed by atoms with Gasteiger partial charge in [0.1, 0.15) is 0 Å². The first-order valence-corrected chi connectivity index (χ1v) is 10.8. The predicted octanol–water partition coefficient (Wildman–Crippen LogP) is 5.89. The highest BCUT2D eigenvalue weighted by Gasteiger charge is 2.53. The Balaban J connectivity index is 2.67. The van der Waals surface area contributed by atoms with Gasteiger partial charge in [0.05, 0.1) is 0 Å². The zero-order chi connectivity index (χ0) is 21.6. The molecule has 29 heavy (non-hydrogen) atoms. The van der Waals surface area contributed by atoms with Gasteiger partial charge >= 0.3 is 0 Å². The first-order valence-electron chi connectivity index (χ1n) is 7.89. The molecule has 0 heterocycles.